The maximum Gasteiger partial charge on any atom is 0.307 e. The van der Waals surface area contributed by atoms with Crippen LogP contribution in [0.5, 0.6) is 0 Å². The lowest BCUT2D eigenvalue weighted by molar-refractivity contribution is -0.153. The van der Waals surface area contributed by atoms with Gasteiger partial charge in [-0.3, -0.25) is 9.59 Å². The fourth-order valence-corrected chi connectivity index (χ4v) is 3.20. The number of carboxylic acids is 2. The van der Waals surface area contributed by atoms with Gasteiger partial charge in [0.05, 0.1) is 11.8 Å². The zero-order chi connectivity index (χ0) is 15.7. The van der Waals surface area contributed by atoms with Crippen molar-refractivity contribution in [3.8, 4) is 11.1 Å². The summed E-state index contributed by atoms with van der Waals surface area (Å²) in [7, 11) is 0. The Kier molecular flexibility index (Phi) is 3.67. The highest BCUT2D eigenvalue weighted by Gasteiger charge is 2.36. The summed E-state index contributed by atoms with van der Waals surface area (Å²) in [4.78, 5) is 23.2. The molecular weight excluding hydrogens is 280 g/mol. The summed E-state index contributed by atoms with van der Waals surface area (Å²) in [5, 5.41) is 19.0. The van der Waals surface area contributed by atoms with E-state index in [-0.39, 0.29) is 12.8 Å². The van der Waals surface area contributed by atoms with Gasteiger partial charge in [-0.1, -0.05) is 48.5 Å². The lowest BCUT2D eigenvalue weighted by Gasteiger charge is -2.26. The minimum atomic E-state index is -1.05. The van der Waals surface area contributed by atoms with E-state index in [0.717, 1.165) is 22.3 Å². The molecule has 3 rings (SSSR count). The SMILES string of the molecule is O=C(O)[C@@H]1Cc2ccccc2-c2ccccc2C[C@H]1C(=O)O. The molecule has 2 aromatic rings. The molecular formula is C18H16O4. The first-order valence-electron chi connectivity index (χ1n) is 7.19. The molecule has 0 radical (unpaired) electrons. The van der Waals surface area contributed by atoms with Crippen LogP contribution in [0.1, 0.15) is 11.1 Å². The van der Waals surface area contributed by atoms with Gasteiger partial charge in [-0.15, -0.1) is 0 Å². The van der Waals surface area contributed by atoms with Crippen LogP contribution >= 0.6 is 0 Å². The summed E-state index contributed by atoms with van der Waals surface area (Å²) >= 11 is 0. The van der Waals surface area contributed by atoms with E-state index in [1.807, 2.05) is 48.5 Å². The molecule has 0 fully saturated rings. The van der Waals surface area contributed by atoms with Gasteiger partial charge in [0, 0.05) is 0 Å². The molecule has 0 bridgehead atoms. The average molecular weight is 296 g/mol. The van der Waals surface area contributed by atoms with E-state index < -0.39 is 23.8 Å². The molecule has 0 saturated heterocycles. The zero-order valence-electron chi connectivity index (χ0n) is 11.9. The Morgan fingerprint density at radius 2 is 1.09 bits per heavy atom. The third-order valence-corrected chi connectivity index (χ3v) is 4.32. The molecule has 0 aliphatic heterocycles. The first-order valence-corrected chi connectivity index (χ1v) is 7.19. The number of benzene rings is 2. The number of hydrogen-bond acceptors (Lipinski definition) is 2. The van der Waals surface area contributed by atoms with Crippen LogP contribution in [0.2, 0.25) is 0 Å². The molecule has 1 aliphatic rings. The summed E-state index contributed by atoms with van der Waals surface area (Å²) in [5.41, 5.74) is 3.75. The van der Waals surface area contributed by atoms with Gasteiger partial charge >= 0.3 is 11.9 Å². The van der Waals surface area contributed by atoms with E-state index in [1.165, 1.54) is 0 Å². The molecule has 2 atom stereocenters. The molecule has 0 amide bonds. The standard InChI is InChI=1S/C18H16O4/c19-17(20)15-9-11-5-1-3-7-13(11)14-8-4-2-6-12(14)10-16(15)18(21)22/h1-8,15-16H,9-10H2,(H,19,20)(H,21,22)/t15-,16-/m1/s1. The van der Waals surface area contributed by atoms with Crippen LogP contribution in [0.3, 0.4) is 0 Å². The van der Waals surface area contributed by atoms with Crippen LogP contribution < -0.4 is 0 Å². The van der Waals surface area contributed by atoms with Crippen molar-refractivity contribution < 1.29 is 19.8 Å². The second-order valence-electron chi connectivity index (χ2n) is 5.61. The largest absolute Gasteiger partial charge is 0.481 e. The van der Waals surface area contributed by atoms with Crippen molar-refractivity contribution in [3.63, 3.8) is 0 Å². The normalized spacial score (nSPS) is 20.2. The van der Waals surface area contributed by atoms with Crippen LogP contribution in [0, 0.1) is 11.8 Å². The fourth-order valence-electron chi connectivity index (χ4n) is 3.20. The quantitative estimate of drug-likeness (QED) is 0.893. The van der Waals surface area contributed by atoms with Crippen molar-refractivity contribution in [3.05, 3.63) is 59.7 Å². The Bertz CT molecular complexity index is 672. The summed E-state index contributed by atoms with van der Waals surface area (Å²) in [6.45, 7) is 0. The van der Waals surface area contributed by atoms with Crippen LogP contribution in [0.4, 0.5) is 0 Å². The van der Waals surface area contributed by atoms with Gasteiger partial charge in [-0.05, 0) is 35.1 Å². The Morgan fingerprint density at radius 3 is 1.45 bits per heavy atom. The summed E-state index contributed by atoms with van der Waals surface area (Å²) in [6, 6.07) is 15.2. The number of aliphatic carboxylic acids is 2. The van der Waals surface area contributed by atoms with E-state index in [9.17, 15) is 19.8 Å². The van der Waals surface area contributed by atoms with Crippen LogP contribution in [0.25, 0.3) is 11.1 Å². The van der Waals surface area contributed by atoms with Crippen molar-refractivity contribution in [2.75, 3.05) is 0 Å². The molecule has 0 heterocycles. The van der Waals surface area contributed by atoms with Crippen molar-refractivity contribution in [1.82, 2.24) is 0 Å². The zero-order valence-corrected chi connectivity index (χ0v) is 11.9. The summed E-state index contributed by atoms with van der Waals surface area (Å²) in [5.74, 6) is -3.96. The highest BCUT2D eigenvalue weighted by atomic mass is 16.4. The average Bonchev–Trinajstić information content (AvgIpc) is 2.49. The summed E-state index contributed by atoms with van der Waals surface area (Å²) in [6.07, 6.45) is 0.466. The van der Waals surface area contributed by atoms with E-state index in [0.29, 0.717) is 0 Å². The third kappa shape index (κ3) is 2.48. The summed E-state index contributed by atoms with van der Waals surface area (Å²) < 4.78 is 0. The van der Waals surface area contributed by atoms with E-state index in [1.54, 1.807) is 0 Å². The van der Waals surface area contributed by atoms with Gasteiger partial charge < -0.3 is 10.2 Å². The molecule has 2 N–H and O–H groups in total. The Labute approximate surface area is 128 Å². The number of rotatable bonds is 2. The molecule has 22 heavy (non-hydrogen) atoms. The van der Waals surface area contributed by atoms with E-state index in [2.05, 4.69) is 0 Å². The molecule has 1 aliphatic carbocycles. The van der Waals surface area contributed by atoms with Gasteiger partial charge in [0.25, 0.3) is 0 Å². The van der Waals surface area contributed by atoms with E-state index in [4.69, 9.17) is 0 Å². The van der Waals surface area contributed by atoms with Crippen LogP contribution in [-0.4, -0.2) is 22.2 Å². The van der Waals surface area contributed by atoms with Crippen molar-refractivity contribution in [1.29, 1.82) is 0 Å². The molecule has 2 aromatic carbocycles. The minimum absolute atomic E-state index is 0.233. The number of carbonyl (C=O) groups is 2. The van der Waals surface area contributed by atoms with Crippen molar-refractivity contribution >= 4 is 11.9 Å². The van der Waals surface area contributed by atoms with Gasteiger partial charge in [0.15, 0.2) is 0 Å². The third-order valence-electron chi connectivity index (χ3n) is 4.32. The van der Waals surface area contributed by atoms with Crippen molar-refractivity contribution in [2.45, 2.75) is 12.8 Å². The van der Waals surface area contributed by atoms with Crippen LogP contribution in [0.15, 0.2) is 48.5 Å². The lowest BCUT2D eigenvalue weighted by atomic mass is 9.77. The predicted octanol–water partition coefficient (Wildman–Crippen LogP) is 2.85. The molecule has 0 saturated carbocycles. The lowest BCUT2D eigenvalue weighted by Crippen LogP contribution is -2.34. The molecule has 0 spiro atoms. The molecule has 0 aromatic heterocycles. The molecule has 0 unspecified atom stereocenters. The first-order chi connectivity index (χ1) is 10.6. The fraction of sp³-hybridized carbons (Fsp3) is 0.222. The Balaban J connectivity index is 2.20. The predicted molar refractivity (Wildman–Crippen MR) is 81.5 cm³/mol. The topological polar surface area (TPSA) is 74.6 Å². The minimum Gasteiger partial charge on any atom is -0.481 e. The molecule has 4 heteroatoms. The Hall–Kier alpha value is -2.62. The number of carboxylic acid groups (broad SMARTS) is 2. The van der Waals surface area contributed by atoms with Crippen molar-refractivity contribution in [2.24, 2.45) is 11.8 Å². The first kappa shape index (κ1) is 14.3. The van der Waals surface area contributed by atoms with Gasteiger partial charge in [-0.2, -0.15) is 0 Å². The smallest absolute Gasteiger partial charge is 0.307 e. The second kappa shape index (κ2) is 5.64. The van der Waals surface area contributed by atoms with Gasteiger partial charge in [0.1, 0.15) is 0 Å². The molecule has 4 nitrogen and oxygen atoms in total. The number of hydrogen-bond donors (Lipinski definition) is 2. The van der Waals surface area contributed by atoms with E-state index >= 15 is 0 Å². The maximum absolute atomic E-state index is 11.6. The second-order valence-corrected chi connectivity index (χ2v) is 5.61. The Morgan fingerprint density at radius 1 is 0.727 bits per heavy atom. The highest BCUT2D eigenvalue weighted by molar-refractivity contribution is 5.82. The maximum atomic E-state index is 11.6. The van der Waals surface area contributed by atoms with Gasteiger partial charge in [0.2, 0.25) is 0 Å². The molecule has 112 valence electrons. The van der Waals surface area contributed by atoms with Gasteiger partial charge in [-0.25, -0.2) is 0 Å². The number of fused-ring (bicyclic) bond motifs is 3. The van der Waals surface area contributed by atoms with Crippen LogP contribution in [-0.2, 0) is 22.4 Å². The highest BCUT2D eigenvalue weighted by Crippen LogP contribution is 2.35. The monoisotopic (exact) mass is 296 g/mol.